The molecule has 3 aliphatic rings. The third-order valence-corrected chi connectivity index (χ3v) is 11.4. The van der Waals surface area contributed by atoms with E-state index in [4.69, 9.17) is 4.74 Å². The number of benzene rings is 2. The number of hydrogen-bond acceptors (Lipinski definition) is 4. The zero-order chi connectivity index (χ0) is 30.7. The molecule has 43 heavy (non-hydrogen) atoms. The lowest BCUT2D eigenvalue weighted by Crippen LogP contribution is -2.21. The van der Waals surface area contributed by atoms with E-state index >= 15 is 0 Å². The number of hydrogen-bond donors (Lipinski definition) is 1. The van der Waals surface area contributed by atoms with Crippen LogP contribution in [0.5, 0.6) is 5.75 Å². The molecule has 0 heterocycles. The summed E-state index contributed by atoms with van der Waals surface area (Å²) in [6.07, 6.45) is 18.0. The van der Waals surface area contributed by atoms with Crippen LogP contribution in [0.15, 0.2) is 29.2 Å². The SMILES string of the molecule is CC(C)c1cc(OC(=O)c2c(C3CCCCC3)cc(C3CCCCC3)cc2C2CCCCC2)cc(C(C)C)c1S(=O)(=O)O. The van der Waals surface area contributed by atoms with Gasteiger partial charge in [0.25, 0.3) is 10.1 Å². The van der Waals surface area contributed by atoms with Crippen molar-refractivity contribution in [1.29, 1.82) is 0 Å². The van der Waals surface area contributed by atoms with Crippen LogP contribution in [-0.4, -0.2) is 18.9 Å². The molecule has 0 amide bonds. The van der Waals surface area contributed by atoms with Gasteiger partial charge in [0, 0.05) is 0 Å². The van der Waals surface area contributed by atoms with Crippen LogP contribution in [0.3, 0.4) is 0 Å². The van der Waals surface area contributed by atoms with Crippen molar-refractivity contribution in [3.05, 3.63) is 57.6 Å². The molecule has 2 aromatic rings. The fourth-order valence-corrected chi connectivity index (χ4v) is 9.29. The largest absolute Gasteiger partial charge is 0.423 e. The van der Waals surface area contributed by atoms with Gasteiger partial charge in [-0.05, 0) is 108 Å². The van der Waals surface area contributed by atoms with Crippen LogP contribution in [0.2, 0.25) is 0 Å². The van der Waals surface area contributed by atoms with Gasteiger partial charge >= 0.3 is 5.97 Å². The molecule has 0 unspecified atom stereocenters. The topological polar surface area (TPSA) is 80.7 Å². The first-order valence-electron chi connectivity index (χ1n) is 17.1. The van der Waals surface area contributed by atoms with Crippen LogP contribution in [-0.2, 0) is 10.1 Å². The molecular weight excluding hydrogens is 556 g/mol. The van der Waals surface area contributed by atoms with E-state index in [1.165, 1.54) is 87.3 Å². The van der Waals surface area contributed by atoms with Crippen LogP contribution in [0.25, 0.3) is 0 Å². The molecule has 3 saturated carbocycles. The molecule has 6 heteroatoms. The minimum Gasteiger partial charge on any atom is -0.423 e. The standard InChI is InChI=1S/C37H52O5S/c1-24(2)31-22-30(23-32(25(3)4)36(31)43(39,40)41)42-37(38)35-33(27-16-10-6-11-17-27)20-29(26-14-8-5-9-15-26)21-34(35)28-18-12-7-13-19-28/h20-28H,5-19H2,1-4H3,(H,39,40,41). The second-order valence-electron chi connectivity index (χ2n) is 14.2. The van der Waals surface area contributed by atoms with Crippen molar-refractivity contribution < 1.29 is 22.5 Å². The summed E-state index contributed by atoms with van der Waals surface area (Å²) in [6, 6.07) is 8.06. The van der Waals surface area contributed by atoms with E-state index in [0.29, 0.717) is 34.6 Å². The summed E-state index contributed by atoms with van der Waals surface area (Å²) in [6.45, 7) is 7.58. The lowest BCUT2D eigenvalue weighted by atomic mass is 9.73. The fourth-order valence-electron chi connectivity index (χ4n) is 8.11. The predicted octanol–water partition coefficient (Wildman–Crippen LogP) is 10.5. The molecular formula is C37H52O5S. The Hall–Kier alpha value is -2.18. The lowest BCUT2D eigenvalue weighted by Gasteiger charge is -2.32. The predicted molar refractivity (Wildman–Crippen MR) is 173 cm³/mol. The number of carbonyl (C=O) groups excluding carboxylic acids is 1. The average molecular weight is 609 g/mol. The number of carbonyl (C=O) groups is 1. The van der Waals surface area contributed by atoms with Gasteiger partial charge in [-0.1, -0.05) is 97.6 Å². The van der Waals surface area contributed by atoms with Crippen LogP contribution in [0.4, 0.5) is 0 Å². The van der Waals surface area contributed by atoms with Gasteiger partial charge in [0.1, 0.15) is 10.6 Å². The van der Waals surface area contributed by atoms with Crippen LogP contribution in [0.1, 0.15) is 192 Å². The molecule has 0 saturated heterocycles. The first-order valence-corrected chi connectivity index (χ1v) is 18.5. The molecule has 0 aliphatic heterocycles. The van der Waals surface area contributed by atoms with Crippen LogP contribution < -0.4 is 4.74 Å². The summed E-state index contributed by atoms with van der Waals surface area (Å²) in [5, 5.41) is 0. The van der Waals surface area contributed by atoms with Gasteiger partial charge in [-0.3, -0.25) is 4.55 Å². The van der Waals surface area contributed by atoms with E-state index in [0.717, 1.165) is 31.2 Å². The van der Waals surface area contributed by atoms with Gasteiger partial charge in [-0.25, -0.2) is 4.79 Å². The highest BCUT2D eigenvalue weighted by Crippen LogP contribution is 2.45. The normalized spacial score (nSPS) is 19.7. The smallest absolute Gasteiger partial charge is 0.344 e. The maximum atomic E-state index is 14.5. The van der Waals surface area contributed by atoms with E-state index in [1.54, 1.807) is 12.1 Å². The van der Waals surface area contributed by atoms with Gasteiger partial charge in [0.15, 0.2) is 0 Å². The Morgan fingerprint density at radius 1 is 0.674 bits per heavy atom. The van der Waals surface area contributed by atoms with Crippen molar-refractivity contribution in [3.8, 4) is 5.75 Å². The third kappa shape index (κ3) is 7.39. The minimum absolute atomic E-state index is 0.0556. The third-order valence-electron chi connectivity index (χ3n) is 10.4. The molecule has 236 valence electrons. The summed E-state index contributed by atoms with van der Waals surface area (Å²) in [4.78, 5) is 14.4. The van der Waals surface area contributed by atoms with E-state index in [2.05, 4.69) is 12.1 Å². The van der Waals surface area contributed by atoms with Crippen molar-refractivity contribution >= 4 is 16.1 Å². The van der Waals surface area contributed by atoms with Gasteiger partial charge in [0.05, 0.1) is 5.56 Å². The molecule has 2 aromatic carbocycles. The minimum atomic E-state index is -4.45. The number of rotatable bonds is 8. The van der Waals surface area contributed by atoms with E-state index in [-0.39, 0.29) is 22.7 Å². The maximum absolute atomic E-state index is 14.5. The summed E-state index contributed by atoms with van der Waals surface area (Å²) in [7, 11) is -4.45. The monoisotopic (exact) mass is 608 g/mol. The molecule has 3 fully saturated rings. The van der Waals surface area contributed by atoms with Gasteiger partial charge in [-0.15, -0.1) is 0 Å². The second-order valence-corrected chi connectivity index (χ2v) is 15.5. The van der Waals surface area contributed by atoms with Crippen LogP contribution >= 0.6 is 0 Å². The summed E-state index contributed by atoms with van der Waals surface area (Å²) < 4.78 is 41.4. The Kier molecular flexibility index (Phi) is 10.4. The van der Waals surface area contributed by atoms with Crippen molar-refractivity contribution in [2.45, 2.75) is 158 Å². The van der Waals surface area contributed by atoms with Crippen molar-refractivity contribution in [3.63, 3.8) is 0 Å². The summed E-state index contributed by atoms with van der Waals surface area (Å²) in [5.41, 5.74) is 5.54. The highest BCUT2D eigenvalue weighted by Gasteiger charge is 2.32. The molecule has 3 aliphatic carbocycles. The highest BCUT2D eigenvalue weighted by atomic mass is 32.2. The zero-order valence-corrected chi connectivity index (χ0v) is 27.6. The van der Waals surface area contributed by atoms with E-state index < -0.39 is 10.1 Å². The molecule has 0 radical (unpaired) electrons. The highest BCUT2D eigenvalue weighted by molar-refractivity contribution is 7.86. The molecule has 1 N–H and O–H groups in total. The number of ether oxygens (including phenoxy) is 1. The van der Waals surface area contributed by atoms with Crippen molar-refractivity contribution in [2.24, 2.45) is 0 Å². The Bertz CT molecular complexity index is 1320. The first-order chi connectivity index (χ1) is 20.5. The fraction of sp³-hybridized carbons (Fsp3) is 0.649. The Labute approximate surface area is 259 Å². The van der Waals surface area contributed by atoms with Crippen molar-refractivity contribution in [2.75, 3.05) is 0 Å². The lowest BCUT2D eigenvalue weighted by molar-refractivity contribution is 0.0730. The summed E-state index contributed by atoms with van der Waals surface area (Å²) >= 11 is 0. The molecule has 0 bridgehead atoms. The molecule has 0 spiro atoms. The molecule has 5 nitrogen and oxygen atoms in total. The summed E-state index contributed by atoms with van der Waals surface area (Å²) in [5.74, 6) is 0.962. The second kappa shape index (κ2) is 13.9. The van der Waals surface area contributed by atoms with E-state index in [1.807, 2.05) is 27.7 Å². The number of esters is 1. The molecule has 0 aromatic heterocycles. The van der Waals surface area contributed by atoms with Crippen LogP contribution in [0, 0.1) is 0 Å². The Morgan fingerprint density at radius 2 is 1.07 bits per heavy atom. The van der Waals surface area contributed by atoms with Crippen molar-refractivity contribution in [1.82, 2.24) is 0 Å². The van der Waals surface area contributed by atoms with Gasteiger partial charge in [0.2, 0.25) is 0 Å². The Morgan fingerprint density at radius 3 is 1.44 bits per heavy atom. The molecule has 5 rings (SSSR count). The Balaban J connectivity index is 1.64. The quantitative estimate of drug-likeness (QED) is 0.183. The molecule has 0 atom stereocenters. The van der Waals surface area contributed by atoms with Gasteiger partial charge in [-0.2, -0.15) is 8.42 Å². The zero-order valence-electron chi connectivity index (χ0n) is 26.8. The van der Waals surface area contributed by atoms with E-state index in [9.17, 15) is 17.8 Å². The first kappa shape index (κ1) is 32.2. The average Bonchev–Trinajstić information content (AvgIpc) is 3.00. The maximum Gasteiger partial charge on any atom is 0.344 e. The van der Waals surface area contributed by atoms with Gasteiger partial charge < -0.3 is 4.74 Å².